The summed E-state index contributed by atoms with van der Waals surface area (Å²) in [6.07, 6.45) is 3.32. The summed E-state index contributed by atoms with van der Waals surface area (Å²) in [5, 5.41) is 18.1. The van der Waals surface area contributed by atoms with E-state index in [1.165, 1.54) is 0 Å². The third-order valence-electron chi connectivity index (χ3n) is 12.5. The predicted molar refractivity (Wildman–Crippen MR) is 298 cm³/mol. The summed E-state index contributed by atoms with van der Waals surface area (Å²) in [4.78, 5) is 99.7. The molecule has 0 spiro atoms. The van der Waals surface area contributed by atoms with Gasteiger partial charge in [-0.25, -0.2) is 9.59 Å². The number of carbonyl (C=O) groups excluding carboxylic acids is 7. The molecule has 2 aromatic carbocycles. The third-order valence-corrected chi connectivity index (χ3v) is 12.5. The van der Waals surface area contributed by atoms with Crippen molar-refractivity contribution in [3.05, 3.63) is 71.8 Å². The number of amides is 3. The second-order valence-electron chi connectivity index (χ2n) is 25.6. The zero-order chi connectivity index (χ0) is 58.7. The number of carboxylic acids is 1. The lowest BCUT2D eigenvalue weighted by Crippen LogP contribution is -2.48. The number of hydrogen-bond acceptors (Lipinski definition) is 12. The van der Waals surface area contributed by atoms with Crippen molar-refractivity contribution >= 4 is 47.4 Å². The topological polar surface area (TPSA) is 233 Å². The first kappa shape index (κ1) is 67.5. The Morgan fingerprint density at radius 2 is 0.987 bits per heavy atom. The van der Waals surface area contributed by atoms with Crippen LogP contribution in [0.15, 0.2) is 60.7 Å². The van der Waals surface area contributed by atoms with Crippen molar-refractivity contribution in [3.63, 3.8) is 0 Å². The molecule has 3 amide bonds. The Hall–Kier alpha value is -5.64. The summed E-state index contributed by atoms with van der Waals surface area (Å²) >= 11 is 0. The molecule has 0 bridgehead atoms. The second kappa shape index (κ2) is 29.9. The summed E-state index contributed by atoms with van der Waals surface area (Å²) in [6.45, 7) is 32.3. The predicted octanol–water partition coefficient (Wildman–Crippen LogP) is 11.0. The largest absolute Gasteiger partial charge is 0.481 e. The third kappa shape index (κ3) is 28.0. The number of rotatable bonds is 25. The Kier molecular flexibility index (Phi) is 26.2. The molecular formula is C61H95N3O13. The van der Waals surface area contributed by atoms with Gasteiger partial charge in [0.05, 0.1) is 37.1 Å². The van der Waals surface area contributed by atoms with Crippen LogP contribution in [0.25, 0.3) is 0 Å². The molecule has 2 aliphatic rings. The molecule has 6 atom stereocenters. The Bertz CT molecular complexity index is 2160. The van der Waals surface area contributed by atoms with Crippen LogP contribution in [0.4, 0.5) is 9.59 Å². The smallest absolute Gasteiger partial charge is 0.408 e. The number of aliphatic carboxylic acids is 1. The summed E-state index contributed by atoms with van der Waals surface area (Å²) in [6, 6.07) is 17.0. The van der Waals surface area contributed by atoms with E-state index in [0.717, 1.165) is 24.0 Å². The van der Waals surface area contributed by atoms with Gasteiger partial charge in [0.25, 0.3) is 0 Å². The first-order chi connectivity index (χ1) is 35.4. The Morgan fingerprint density at radius 1 is 0.571 bits per heavy atom. The van der Waals surface area contributed by atoms with Gasteiger partial charge in [-0.2, -0.15) is 0 Å². The normalized spacial score (nSPS) is 17.6. The SMILES string of the molecule is CC(C)C[C@H](NC(=O)OC(C)(C)C)C(=O)C1(C)CC1.CC(C)C[C@H](NC(=O)OC(C)(C)C)C(=O)[C@@]1(C)CO1.CC(C)C[C@H](NC(=O)[C@H](CCc1ccccc1)CC(=O)OC(C)(C)C)C(=O)C[C@@H](Cc1ccccc1)C(=O)O. The van der Waals surface area contributed by atoms with Gasteiger partial charge in [0.1, 0.15) is 22.4 Å². The van der Waals surface area contributed by atoms with Gasteiger partial charge in [0.15, 0.2) is 17.3 Å². The lowest BCUT2D eigenvalue weighted by molar-refractivity contribution is -0.157. The molecule has 16 heteroatoms. The number of benzene rings is 2. The van der Waals surface area contributed by atoms with Crippen molar-refractivity contribution in [3.8, 4) is 0 Å². The highest BCUT2D eigenvalue weighted by Gasteiger charge is 2.50. The number of carboxylic acid groups (broad SMARTS) is 1. The molecule has 1 aliphatic heterocycles. The standard InChI is InChI=1S/C32H43NO6.C15H27NO3.C14H25NO4/c1-22(2)18-27(28(34)20-26(31(37)38)19-24-14-10-7-11-15-24)33-30(36)25(21-29(35)39-32(3,4)5)17-16-23-12-8-6-9-13-23;1-10(2)9-11(12(17)15(6)7-8-15)16-13(18)19-14(3,4)5;1-9(2)7-10(11(16)14(6)8-18-14)15-12(17)19-13(3,4)5/h6-15,22,25-27H,16-21H2,1-5H3,(H,33,36)(H,37,38);10-11H,7-9H2,1-6H3,(H,16,18);9-10H,7-8H2,1-6H3,(H,15,17)/t25-,26-,27+;11-;10-,14+/m100/s1. The number of ether oxygens (including phenoxy) is 4. The molecule has 77 heavy (non-hydrogen) atoms. The van der Waals surface area contributed by atoms with Gasteiger partial charge in [-0.15, -0.1) is 0 Å². The minimum Gasteiger partial charge on any atom is -0.481 e. The van der Waals surface area contributed by atoms with Gasteiger partial charge in [-0.1, -0.05) is 109 Å². The maximum atomic E-state index is 13.5. The lowest BCUT2D eigenvalue weighted by atomic mass is 9.89. The lowest BCUT2D eigenvalue weighted by Gasteiger charge is -2.25. The maximum Gasteiger partial charge on any atom is 0.408 e. The van der Waals surface area contributed by atoms with Gasteiger partial charge in [-0.05, 0) is 149 Å². The average molecular weight is 1080 g/mol. The molecule has 4 N–H and O–H groups in total. The molecule has 4 rings (SSSR count). The van der Waals surface area contributed by atoms with E-state index in [-0.39, 0.29) is 47.9 Å². The number of aryl methyl sites for hydroxylation is 1. The van der Waals surface area contributed by atoms with E-state index < -0.39 is 82.4 Å². The van der Waals surface area contributed by atoms with Gasteiger partial charge < -0.3 is 40.0 Å². The Morgan fingerprint density at radius 3 is 1.38 bits per heavy atom. The van der Waals surface area contributed by atoms with Crippen molar-refractivity contribution < 1.29 is 62.4 Å². The fraction of sp³-hybridized carbons (Fsp3) is 0.672. The van der Waals surface area contributed by atoms with Crippen molar-refractivity contribution in [1.29, 1.82) is 0 Å². The van der Waals surface area contributed by atoms with Crippen LogP contribution in [0.2, 0.25) is 0 Å². The van der Waals surface area contributed by atoms with E-state index >= 15 is 0 Å². The van der Waals surface area contributed by atoms with Crippen LogP contribution in [0, 0.1) is 35.0 Å². The van der Waals surface area contributed by atoms with Crippen molar-refractivity contribution in [2.75, 3.05) is 6.61 Å². The Labute approximate surface area is 460 Å². The summed E-state index contributed by atoms with van der Waals surface area (Å²) in [5.74, 6) is -3.03. The molecule has 0 radical (unpaired) electrons. The average Bonchev–Trinajstić information content (AvgIpc) is 4.22. The van der Waals surface area contributed by atoms with Crippen molar-refractivity contribution in [1.82, 2.24) is 16.0 Å². The molecule has 1 aliphatic carbocycles. The summed E-state index contributed by atoms with van der Waals surface area (Å²) in [7, 11) is 0. The number of Topliss-reactive ketones (excluding diaryl/α,β-unsaturated/α-hetero) is 3. The van der Waals surface area contributed by atoms with Crippen LogP contribution in [0.3, 0.4) is 0 Å². The quantitative estimate of drug-likeness (QED) is 0.0412. The van der Waals surface area contributed by atoms with Crippen LogP contribution in [-0.4, -0.2) is 99.6 Å². The number of alkyl carbamates (subject to hydrolysis) is 2. The highest BCUT2D eigenvalue weighted by Crippen LogP contribution is 2.47. The van der Waals surface area contributed by atoms with Gasteiger partial charge >= 0.3 is 24.1 Å². The molecule has 0 unspecified atom stereocenters. The number of hydrogen-bond donors (Lipinski definition) is 4. The molecule has 432 valence electrons. The highest BCUT2D eigenvalue weighted by atomic mass is 16.6. The molecule has 2 fully saturated rings. The van der Waals surface area contributed by atoms with E-state index in [9.17, 15) is 43.5 Å². The van der Waals surface area contributed by atoms with Gasteiger partial charge in [-0.3, -0.25) is 28.8 Å². The van der Waals surface area contributed by atoms with Crippen LogP contribution in [-0.2, 0) is 60.6 Å². The summed E-state index contributed by atoms with van der Waals surface area (Å²) < 4.78 is 21.1. The van der Waals surface area contributed by atoms with E-state index in [0.29, 0.717) is 50.5 Å². The molecule has 2 aromatic rings. The molecule has 16 nitrogen and oxygen atoms in total. The fourth-order valence-corrected chi connectivity index (χ4v) is 8.24. The van der Waals surface area contributed by atoms with Crippen LogP contribution >= 0.6 is 0 Å². The zero-order valence-electron chi connectivity index (χ0n) is 49.5. The minimum absolute atomic E-state index is 0.0768. The van der Waals surface area contributed by atoms with E-state index in [4.69, 9.17) is 18.9 Å². The Balaban J connectivity index is 0.000000444. The minimum atomic E-state index is -1.05. The molecule has 1 saturated heterocycles. The number of epoxide rings is 1. The van der Waals surface area contributed by atoms with E-state index in [2.05, 4.69) is 16.0 Å². The van der Waals surface area contributed by atoms with Gasteiger partial charge in [0.2, 0.25) is 5.91 Å². The first-order valence-corrected chi connectivity index (χ1v) is 27.5. The maximum absolute atomic E-state index is 13.5. The van der Waals surface area contributed by atoms with Gasteiger partial charge in [0, 0.05) is 17.8 Å². The van der Waals surface area contributed by atoms with E-state index in [1.54, 1.807) is 48.5 Å². The molecular weight excluding hydrogens is 983 g/mol. The summed E-state index contributed by atoms with van der Waals surface area (Å²) in [5.41, 5.74) is -0.879. The molecule has 1 saturated carbocycles. The second-order valence-corrected chi connectivity index (χ2v) is 25.6. The highest BCUT2D eigenvalue weighted by molar-refractivity contribution is 5.96. The molecule has 0 aromatic heterocycles. The van der Waals surface area contributed by atoms with E-state index in [1.807, 2.05) is 130 Å². The molecule has 1 heterocycles. The number of nitrogens with one attached hydrogen (secondary N) is 3. The van der Waals surface area contributed by atoms with Crippen molar-refractivity contribution in [2.45, 2.75) is 222 Å². The number of esters is 1. The first-order valence-electron chi connectivity index (χ1n) is 27.5. The van der Waals surface area contributed by atoms with Crippen LogP contribution in [0.1, 0.15) is 180 Å². The number of ketones is 3. The van der Waals surface area contributed by atoms with Crippen LogP contribution in [0.5, 0.6) is 0 Å². The van der Waals surface area contributed by atoms with Crippen LogP contribution < -0.4 is 16.0 Å². The zero-order valence-corrected chi connectivity index (χ0v) is 49.5. The van der Waals surface area contributed by atoms with Crippen molar-refractivity contribution in [2.24, 2.45) is 35.0 Å². The fourth-order valence-electron chi connectivity index (χ4n) is 8.24. The number of carbonyl (C=O) groups is 8. The monoisotopic (exact) mass is 1080 g/mol.